The van der Waals surface area contributed by atoms with Gasteiger partial charge in [0.15, 0.2) is 6.61 Å². The second-order valence-electron chi connectivity index (χ2n) is 8.58. The number of rotatable bonds is 7. The van der Waals surface area contributed by atoms with Gasteiger partial charge in [-0.05, 0) is 73.4 Å². The summed E-state index contributed by atoms with van der Waals surface area (Å²) in [4.78, 5) is 14.7. The number of carbonyl (C=O) groups is 1. The minimum Gasteiger partial charge on any atom is -0.483 e. The maximum Gasteiger partial charge on any atom is 0.260 e. The van der Waals surface area contributed by atoms with E-state index < -0.39 is 0 Å². The highest BCUT2D eigenvalue weighted by Crippen LogP contribution is 2.30. The Hall–Kier alpha value is -3.14. The second kappa shape index (κ2) is 10.4. The molecule has 1 amide bonds. The van der Waals surface area contributed by atoms with Crippen molar-refractivity contribution in [1.82, 2.24) is 4.90 Å². The van der Waals surface area contributed by atoms with Crippen molar-refractivity contribution < 1.29 is 13.9 Å². The van der Waals surface area contributed by atoms with Gasteiger partial charge in [-0.2, -0.15) is 0 Å². The highest BCUT2D eigenvalue weighted by Gasteiger charge is 2.23. The average molecular weight is 432 g/mol. The van der Waals surface area contributed by atoms with Gasteiger partial charge in [-0.15, -0.1) is 0 Å². The van der Waals surface area contributed by atoms with Crippen LogP contribution in [0.25, 0.3) is 11.1 Å². The molecule has 0 aliphatic carbocycles. The number of benzene rings is 3. The molecule has 1 heterocycles. The minimum absolute atomic E-state index is 0.0345. The molecule has 0 spiro atoms. The van der Waals surface area contributed by atoms with Crippen LogP contribution >= 0.6 is 0 Å². The molecule has 0 radical (unpaired) electrons. The first kappa shape index (κ1) is 22.1. The standard InChI is InChI=1S/C28H30FNO2/c1-21-11-14-25(29)19-24(21)13-12-22-15-17-30(18-16-22)28(31)20-32-27-10-6-5-9-26(27)23-7-3-2-4-8-23/h2-11,14,19,22H,12-13,15-18,20H2,1H3. The van der Waals surface area contributed by atoms with Crippen molar-refractivity contribution in [2.75, 3.05) is 19.7 Å². The average Bonchev–Trinajstić information content (AvgIpc) is 2.84. The van der Waals surface area contributed by atoms with Gasteiger partial charge in [-0.1, -0.05) is 54.6 Å². The zero-order chi connectivity index (χ0) is 22.3. The van der Waals surface area contributed by atoms with E-state index in [9.17, 15) is 9.18 Å². The van der Waals surface area contributed by atoms with E-state index in [0.29, 0.717) is 5.92 Å². The Labute approximate surface area is 189 Å². The van der Waals surface area contributed by atoms with Gasteiger partial charge < -0.3 is 9.64 Å². The van der Waals surface area contributed by atoms with Crippen LogP contribution < -0.4 is 4.74 Å². The molecule has 32 heavy (non-hydrogen) atoms. The largest absolute Gasteiger partial charge is 0.483 e. The molecule has 3 nitrogen and oxygen atoms in total. The predicted octanol–water partition coefficient (Wildman–Crippen LogP) is 6.05. The Morgan fingerprint density at radius 1 is 1.00 bits per heavy atom. The number of nitrogens with zero attached hydrogens (tertiary/aromatic N) is 1. The fourth-order valence-electron chi connectivity index (χ4n) is 4.42. The van der Waals surface area contributed by atoms with Crippen LogP contribution in [0.1, 0.15) is 30.4 Å². The van der Waals surface area contributed by atoms with Crippen LogP contribution in [0.4, 0.5) is 4.39 Å². The summed E-state index contributed by atoms with van der Waals surface area (Å²) in [6.45, 7) is 3.60. The van der Waals surface area contributed by atoms with Gasteiger partial charge in [0.1, 0.15) is 11.6 Å². The van der Waals surface area contributed by atoms with Crippen molar-refractivity contribution in [1.29, 1.82) is 0 Å². The van der Waals surface area contributed by atoms with E-state index in [-0.39, 0.29) is 18.3 Å². The highest BCUT2D eigenvalue weighted by atomic mass is 19.1. The van der Waals surface area contributed by atoms with E-state index in [4.69, 9.17) is 4.74 Å². The van der Waals surface area contributed by atoms with E-state index in [2.05, 4.69) is 0 Å². The molecule has 0 N–H and O–H groups in total. The van der Waals surface area contributed by atoms with Crippen molar-refractivity contribution in [2.24, 2.45) is 5.92 Å². The third-order valence-corrected chi connectivity index (χ3v) is 6.42. The van der Waals surface area contributed by atoms with Gasteiger partial charge >= 0.3 is 0 Å². The number of halogens is 1. The van der Waals surface area contributed by atoms with E-state index in [1.54, 1.807) is 6.07 Å². The van der Waals surface area contributed by atoms with Crippen LogP contribution in [0.15, 0.2) is 72.8 Å². The molecule has 3 aromatic rings. The lowest BCUT2D eigenvalue weighted by Crippen LogP contribution is -2.41. The zero-order valence-corrected chi connectivity index (χ0v) is 18.6. The summed E-state index contributed by atoms with van der Waals surface area (Å²) < 4.78 is 19.4. The first-order valence-corrected chi connectivity index (χ1v) is 11.4. The third-order valence-electron chi connectivity index (χ3n) is 6.42. The molecule has 0 saturated carbocycles. The number of para-hydroxylation sites is 1. The summed E-state index contributed by atoms with van der Waals surface area (Å²) in [5.74, 6) is 1.17. The first-order valence-electron chi connectivity index (χ1n) is 11.4. The van der Waals surface area contributed by atoms with Crippen LogP contribution in [0.5, 0.6) is 5.75 Å². The maximum absolute atomic E-state index is 13.5. The summed E-state index contributed by atoms with van der Waals surface area (Å²) in [5.41, 5.74) is 4.30. The SMILES string of the molecule is Cc1ccc(F)cc1CCC1CCN(C(=O)COc2ccccc2-c2ccccc2)CC1. The van der Waals surface area contributed by atoms with Gasteiger partial charge in [-0.3, -0.25) is 4.79 Å². The summed E-state index contributed by atoms with van der Waals surface area (Å²) in [5, 5.41) is 0. The van der Waals surface area contributed by atoms with Gasteiger partial charge in [0.25, 0.3) is 5.91 Å². The first-order chi connectivity index (χ1) is 15.6. The number of ether oxygens (including phenoxy) is 1. The molecule has 4 heteroatoms. The van der Waals surface area contributed by atoms with Gasteiger partial charge in [-0.25, -0.2) is 4.39 Å². The molecule has 1 aliphatic rings. The molecule has 4 rings (SSSR count). The number of carbonyl (C=O) groups excluding carboxylic acids is 1. The second-order valence-corrected chi connectivity index (χ2v) is 8.58. The Kier molecular flexibility index (Phi) is 7.21. The molecular weight excluding hydrogens is 401 g/mol. The van der Waals surface area contributed by atoms with Crippen molar-refractivity contribution in [3.63, 3.8) is 0 Å². The normalized spacial score (nSPS) is 14.4. The van der Waals surface area contributed by atoms with Crippen LogP contribution in [-0.2, 0) is 11.2 Å². The lowest BCUT2D eigenvalue weighted by atomic mass is 9.89. The van der Waals surface area contributed by atoms with Gasteiger partial charge in [0, 0.05) is 18.7 Å². The van der Waals surface area contributed by atoms with E-state index in [1.165, 1.54) is 6.07 Å². The number of amides is 1. The molecule has 1 aliphatic heterocycles. The molecule has 0 aromatic heterocycles. The third kappa shape index (κ3) is 5.56. The minimum atomic E-state index is -0.167. The molecule has 3 aromatic carbocycles. The molecular formula is C28H30FNO2. The quantitative estimate of drug-likeness (QED) is 0.456. The van der Waals surface area contributed by atoms with Crippen molar-refractivity contribution in [3.8, 4) is 16.9 Å². The Morgan fingerprint density at radius 2 is 1.72 bits per heavy atom. The number of aryl methyl sites for hydroxylation is 2. The van der Waals surface area contributed by atoms with E-state index in [1.807, 2.05) is 72.5 Å². The molecule has 0 unspecified atom stereocenters. The number of hydrogen-bond acceptors (Lipinski definition) is 2. The van der Waals surface area contributed by atoms with Crippen molar-refractivity contribution in [3.05, 3.63) is 89.7 Å². The van der Waals surface area contributed by atoms with E-state index >= 15 is 0 Å². The lowest BCUT2D eigenvalue weighted by molar-refractivity contribution is -0.134. The molecule has 0 bridgehead atoms. The monoisotopic (exact) mass is 431 g/mol. The highest BCUT2D eigenvalue weighted by molar-refractivity contribution is 5.78. The van der Waals surface area contributed by atoms with Gasteiger partial charge in [0.2, 0.25) is 0 Å². The number of likely N-dealkylation sites (tertiary alicyclic amines) is 1. The molecule has 0 atom stereocenters. The lowest BCUT2D eigenvalue weighted by Gasteiger charge is -2.32. The van der Waals surface area contributed by atoms with Crippen LogP contribution in [0.2, 0.25) is 0 Å². The molecule has 1 fully saturated rings. The van der Waals surface area contributed by atoms with Crippen molar-refractivity contribution >= 4 is 5.91 Å². The summed E-state index contributed by atoms with van der Waals surface area (Å²) in [6, 6.07) is 22.9. The molecule has 1 saturated heterocycles. The predicted molar refractivity (Wildman–Crippen MR) is 126 cm³/mol. The van der Waals surface area contributed by atoms with E-state index in [0.717, 1.165) is 66.8 Å². The Balaban J connectivity index is 1.26. The van der Waals surface area contributed by atoms with Crippen molar-refractivity contribution in [2.45, 2.75) is 32.6 Å². The van der Waals surface area contributed by atoms with Crippen LogP contribution in [0.3, 0.4) is 0 Å². The fourth-order valence-corrected chi connectivity index (χ4v) is 4.42. The summed E-state index contributed by atoms with van der Waals surface area (Å²) >= 11 is 0. The van der Waals surface area contributed by atoms with Crippen LogP contribution in [0, 0.1) is 18.7 Å². The Morgan fingerprint density at radius 3 is 2.50 bits per heavy atom. The smallest absolute Gasteiger partial charge is 0.260 e. The number of hydrogen-bond donors (Lipinski definition) is 0. The maximum atomic E-state index is 13.5. The topological polar surface area (TPSA) is 29.5 Å². The number of piperidine rings is 1. The zero-order valence-electron chi connectivity index (χ0n) is 18.6. The van der Waals surface area contributed by atoms with Gasteiger partial charge in [0.05, 0.1) is 0 Å². The Bertz CT molecular complexity index is 1040. The summed E-state index contributed by atoms with van der Waals surface area (Å²) in [6.07, 6.45) is 3.90. The molecule has 166 valence electrons. The van der Waals surface area contributed by atoms with Crippen LogP contribution in [-0.4, -0.2) is 30.5 Å². The summed E-state index contributed by atoms with van der Waals surface area (Å²) in [7, 11) is 0. The fraction of sp³-hybridized carbons (Fsp3) is 0.321.